The van der Waals surface area contributed by atoms with Crippen LogP contribution in [0.3, 0.4) is 0 Å². The molecule has 158 valence electrons. The van der Waals surface area contributed by atoms with Gasteiger partial charge in [0.25, 0.3) is 11.8 Å². The smallest absolute Gasteiger partial charge is 0.269 e. The molecule has 0 spiro atoms. The van der Waals surface area contributed by atoms with E-state index in [1.165, 1.54) is 24.3 Å². The highest BCUT2D eigenvalue weighted by Crippen LogP contribution is 2.20. The molecule has 6 nitrogen and oxygen atoms in total. The molecule has 2 amide bonds. The summed E-state index contributed by atoms with van der Waals surface area (Å²) in [6, 6.07) is 15.4. The van der Waals surface area contributed by atoms with Crippen LogP contribution in [-0.4, -0.2) is 16.9 Å². The minimum absolute atomic E-state index is 0.110. The summed E-state index contributed by atoms with van der Waals surface area (Å²) in [7, 11) is 0. The van der Waals surface area contributed by atoms with Crippen LogP contribution in [0.2, 0.25) is 5.02 Å². The van der Waals surface area contributed by atoms with Crippen molar-refractivity contribution in [2.45, 2.75) is 0 Å². The molecule has 0 radical (unpaired) electrons. The van der Waals surface area contributed by atoms with Crippen molar-refractivity contribution in [3.05, 3.63) is 94.5 Å². The van der Waals surface area contributed by atoms with Gasteiger partial charge in [-0.2, -0.15) is 0 Å². The molecule has 0 heterocycles. The lowest BCUT2D eigenvalue weighted by Gasteiger charge is -2.13. The van der Waals surface area contributed by atoms with E-state index in [9.17, 15) is 18.4 Å². The summed E-state index contributed by atoms with van der Waals surface area (Å²) in [6.07, 6.45) is 0. The number of carbonyl (C=O) groups is 2. The fourth-order valence-electron chi connectivity index (χ4n) is 2.53. The van der Waals surface area contributed by atoms with Crippen LogP contribution in [-0.2, 0) is 0 Å². The SMILES string of the molecule is O=C(NNC(=S)Nc1ccccc1Cl)c1cccc(NC(=O)c2cc(F)cc(F)c2)c1. The largest absolute Gasteiger partial charge is 0.330 e. The molecule has 31 heavy (non-hydrogen) atoms. The molecule has 0 aliphatic rings. The Morgan fingerprint density at radius 1 is 0.774 bits per heavy atom. The van der Waals surface area contributed by atoms with Gasteiger partial charge in [0.2, 0.25) is 0 Å². The fraction of sp³-hybridized carbons (Fsp3) is 0. The topological polar surface area (TPSA) is 82.3 Å². The predicted molar refractivity (Wildman–Crippen MR) is 119 cm³/mol. The quantitative estimate of drug-likeness (QED) is 0.340. The summed E-state index contributed by atoms with van der Waals surface area (Å²) < 4.78 is 26.6. The Morgan fingerprint density at radius 3 is 2.19 bits per heavy atom. The number of rotatable bonds is 4. The molecule has 4 N–H and O–H groups in total. The predicted octanol–water partition coefficient (Wildman–Crippen LogP) is 4.50. The molecule has 0 bridgehead atoms. The molecule has 3 aromatic carbocycles. The Balaban J connectivity index is 1.60. The zero-order valence-electron chi connectivity index (χ0n) is 15.7. The molecule has 0 aliphatic heterocycles. The molecule has 0 saturated carbocycles. The van der Waals surface area contributed by atoms with Crippen molar-refractivity contribution >= 4 is 52.1 Å². The second-order valence-electron chi connectivity index (χ2n) is 6.21. The van der Waals surface area contributed by atoms with Crippen LogP contribution < -0.4 is 21.5 Å². The van der Waals surface area contributed by atoms with Gasteiger partial charge < -0.3 is 10.6 Å². The second-order valence-corrected chi connectivity index (χ2v) is 7.02. The summed E-state index contributed by atoms with van der Waals surface area (Å²) in [5.74, 6) is -2.99. The number of benzene rings is 3. The van der Waals surface area contributed by atoms with E-state index in [1.54, 1.807) is 24.3 Å². The van der Waals surface area contributed by atoms with Crippen molar-refractivity contribution in [3.63, 3.8) is 0 Å². The highest BCUT2D eigenvalue weighted by molar-refractivity contribution is 7.80. The van der Waals surface area contributed by atoms with Crippen molar-refractivity contribution < 1.29 is 18.4 Å². The Labute approximate surface area is 186 Å². The first-order valence-corrected chi connectivity index (χ1v) is 9.60. The van der Waals surface area contributed by atoms with Gasteiger partial charge >= 0.3 is 0 Å². The maximum Gasteiger partial charge on any atom is 0.269 e. The van der Waals surface area contributed by atoms with Gasteiger partial charge in [-0.3, -0.25) is 20.4 Å². The van der Waals surface area contributed by atoms with Crippen LogP contribution in [0.1, 0.15) is 20.7 Å². The summed E-state index contributed by atoms with van der Waals surface area (Å²) >= 11 is 11.1. The van der Waals surface area contributed by atoms with E-state index in [2.05, 4.69) is 21.5 Å². The molecule has 0 fully saturated rings. The Morgan fingerprint density at radius 2 is 1.48 bits per heavy atom. The average Bonchev–Trinajstić information content (AvgIpc) is 2.73. The molecular formula is C21H15ClF2N4O2S. The van der Waals surface area contributed by atoms with Gasteiger partial charge in [-0.1, -0.05) is 29.8 Å². The molecule has 0 aromatic heterocycles. The molecule has 0 unspecified atom stereocenters. The number of carbonyl (C=O) groups excluding carboxylic acids is 2. The number of para-hydroxylation sites is 1. The third kappa shape index (κ3) is 6.21. The first kappa shape index (κ1) is 22.1. The fourth-order valence-corrected chi connectivity index (χ4v) is 2.87. The highest BCUT2D eigenvalue weighted by atomic mass is 35.5. The van der Waals surface area contributed by atoms with E-state index in [0.29, 0.717) is 16.8 Å². The van der Waals surface area contributed by atoms with Crippen LogP contribution in [0.25, 0.3) is 0 Å². The zero-order valence-corrected chi connectivity index (χ0v) is 17.3. The van der Waals surface area contributed by atoms with E-state index >= 15 is 0 Å². The average molecular weight is 461 g/mol. The van der Waals surface area contributed by atoms with Crippen LogP contribution in [0.5, 0.6) is 0 Å². The lowest BCUT2D eigenvalue weighted by atomic mass is 10.1. The van der Waals surface area contributed by atoms with Gasteiger partial charge in [0.05, 0.1) is 10.7 Å². The monoisotopic (exact) mass is 460 g/mol. The number of hydrazine groups is 1. The summed E-state index contributed by atoms with van der Waals surface area (Å²) in [5, 5.41) is 5.89. The third-order valence-electron chi connectivity index (χ3n) is 3.92. The van der Waals surface area contributed by atoms with Gasteiger partial charge in [0, 0.05) is 22.9 Å². The van der Waals surface area contributed by atoms with Crippen LogP contribution in [0.15, 0.2) is 66.7 Å². The minimum atomic E-state index is -0.870. The summed E-state index contributed by atoms with van der Waals surface area (Å²) in [6.45, 7) is 0. The normalized spacial score (nSPS) is 10.2. The van der Waals surface area contributed by atoms with E-state index in [4.69, 9.17) is 23.8 Å². The molecule has 0 atom stereocenters. The third-order valence-corrected chi connectivity index (χ3v) is 4.45. The number of hydrogen-bond donors (Lipinski definition) is 4. The Kier molecular flexibility index (Phi) is 7.11. The van der Waals surface area contributed by atoms with Crippen molar-refractivity contribution in [1.82, 2.24) is 10.9 Å². The lowest BCUT2D eigenvalue weighted by Crippen LogP contribution is -2.43. The number of thiocarbonyl (C=S) groups is 1. The van der Waals surface area contributed by atoms with Crippen molar-refractivity contribution in [1.29, 1.82) is 0 Å². The van der Waals surface area contributed by atoms with Crippen LogP contribution in [0, 0.1) is 11.6 Å². The number of nitrogens with one attached hydrogen (secondary N) is 4. The first-order chi connectivity index (χ1) is 14.8. The number of anilines is 2. The van der Waals surface area contributed by atoms with E-state index < -0.39 is 23.4 Å². The van der Waals surface area contributed by atoms with E-state index in [0.717, 1.165) is 12.1 Å². The molecule has 3 aromatic rings. The molecular weight excluding hydrogens is 446 g/mol. The van der Waals surface area contributed by atoms with Crippen molar-refractivity contribution in [2.75, 3.05) is 10.6 Å². The standard InChI is InChI=1S/C21H15ClF2N4O2S/c22-17-6-1-2-7-18(17)26-21(31)28-27-20(30)12-4-3-5-16(10-12)25-19(29)13-8-14(23)11-15(24)9-13/h1-11H,(H,25,29)(H,27,30)(H2,26,28,31). The van der Waals surface area contributed by atoms with Crippen molar-refractivity contribution in [2.24, 2.45) is 0 Å². The zero-order chi connectivity index (χ0) is 22.4. The van der Waals surface area contributed by atoms with Gasteiger partial charge in [-0.25, -0.2) is 8.78 Å². The van der Waals surface area contributed by atoms with Gasteiger partial charge in [0.15, 0.2) is 5.11 Å². The van der Waals surface area contributed by atoms with Crippen molar-refractivity contribution in [3.8, 4) is 0 Å². The maximum absolute atomic E-state index is 13.3. The minimum Gasteiger partial charge on any atom is -0.330 e. The molecule has 10 heteroatoms. The summed E-state index contributed by atoms with van der Waals surface area (Å²) in [5.41, 5.74) is 5.81. The number of hydrogen-bond acceptors (Lipinski definition) is 3. The van der Waals surface area contributed by atoms with Gasteiger partial charge in [-0.15, -0.1) is 0 Å². The maximum atomic E-state index is 13.3. The van der Waals surface area contributed by atoms with Gasteiger partial charge in [-0.05, 0) is 54.7 Å². The first-order valence-electron chi connectivity index (χ1n) is 8.81. The highest BCUT2D eigenvalue weighted by Gasteiger charge is 2.12. The summed E-state index contributed by atoms with van der Waals surface area (Å²) in [4.78, 5) is 24.6. The Hall–Kier alpha value is -3.56. The number of halogens is 3. The van der Waals surface area contributed by atoms with Crippen LogP contribution in [0.4, 0.5) is 20.2 Å². The lowest BCUT2D eigenvalue weighted by molar-refractivity contribution is 0.0943. The number of amides is 2. The van der Waals surface area contributed by atoms with Gasteiger partial charge in [0.1, 0.15) is 11.6 Å². The van der Waals surface area contributed by atoms with E-state index in [1.807, 2.05) is 0 Å². The Bertz CT molecular complexity index is 1140. The molecule has 0 saturated heterocycles. The molecule has 3 rings (SSSR count). The van der Waals surface area contributed by atoms with Crippen LogP contribution >= 0.6 is 23.8 Å². The second kappa shape index (κ2) is 9.96. The molecule has 0 aliphatic carbocycles. The van der Waals surface area contributed by atoms with E-state index in [-0.39, 0.29) is 21.9 Å².